The third-order valence-corrected chi connectivity index (χ3v) is 9.57. The predicted molar refractivity (Wildman–Crippen MR) is 224 cm³/mol. The number of fused-ring (bicyclic) bond motifs is 1. The smallest absolute Gasteiger partial charge is 0.303 e. The molecule has 2 fully saturated rings. The van der Waals surface area contributed by atoms with Crippen LogP contribution in [0.4, 0.5) is 11.4 Å². The summed E-state index contributed by atoms with van der Waals surface area (Å²) in [7, 11) is 0. The lowest BCUT2D eigenvalue weighted by atomic mass is 9.96. The molecule has 3 aliphatic rings. The lowest BCUT2D eigenvalue weighted by molar-refractivity contribution is -0.354. The Bertz CT molecular complexity index is 2260. The Morgan fingerprint density at radius 2 is 1.00 bits per heavy atom. The highest BCUT2D eigenvalue weighted by atomic mass is 16.8. The van der Waals surface area contributed by atoms with Gasteiger partial charge < -0.3 is 72.2 Å². The van der Waals surface area contributed by atoms with Crippen LogP contribution >= 0.6 is 0 Å². The largest absolute Gasteiger partial charge is 0.463 e. The molecule has 10 atom stereocenters. The molecule has 0 bridgehead atoms. The van der Waals surface area contributed by atoms with E-state index in [4.69, 9.17) is 61.6 Å². The molecule has 3 heterocycles. The van der Waals surface area contributed by atoms with Crippen LogP contribution in [0.1, 0.15) is 79.6 Å². The SMILES string of the molecule is CC(=O)Nc1cc2c(c(C(=O)Nc3ccc(O[C@@H]4O[C@H](COC(C)=O)[C@@H](O[C@@H]5O[C@H](COC(C)=O)[C@H](OC(C)=O)[C@H](OC(C)=O)[C@H]5OC(C)=O)[C@H](OC(C)=O)[C@H]4OC(C)=O)cc3)c1)OC(C)(C)O2. The highest BCUT2D eigenvalue weighted by molar-refractivity contribution is 6.08. The number of amides is 2. The van der Waals surface area contributed by atoms with Crippen LogP contribution in [-0.2, 0) is 85.7 Å². The van der Waals surface area contributed by atoms with Gasteiger partial charge in [-0.05, 0) is 30.3 Å². The number of hydrogen-bond acceptors (Lipinski definition) is 22. The topological polar surface area (TPSA) is 298 Å². The Hall–Kier alpha value is -7.05. The van der Waals surface area contributed by atoms with Gasteiger partial charge in [0.15, 0.2) is 42.2 Å². The van der Waals surface area contributed by atoms with Crippen molar-refractivity contribution in [2.75, 3.05) is 23.8 Å². The molecule has 24 nitrogen and oxygen atoms in total. The molecule has 370 valence electrons. The van der Waals surface area contributed by atoms with Gasteiger partial charge in [-0.25, -0.2) is 0 Å². The molecule has 3 aliphatic heterocycles. The van der Waals surface area contributed by atoms with Crippen molar-refractivity contribution in [3.05, 3.63) is 42.0 Å². The Balaban J connectivity index is 1.49. The van der Waals surface area contributed by atoms with E-state index in [9.17, 15) is 43.2 Å². The molecule has 2 N–H and O–H groups in total. The zero-order valence-electron chi connectivity index (χ0n) is 38.6. The fourth-order valence-corrected chi connectivity index (χ4v) is 7.28. The summed E-state index contributed by atoms with van der Waals surface area (Å²) in [6.07, 6.45) is -16.6. The molecular weight excluding hydrogens is 908 g/mol. The average molecular weight is 961 g/mol. The molecule has 0 aromatic heterocycles. The third kappa shape index (κ3) is 14.0. The van der Waals surface area contributed by atoms with E-state index in [-0.39, 0.29) is 40.1 Å². The van der Waals surface area contributed by atoms with E-state index in [1.54, 1.807) is 13.8 Å². The van der Waals surface area contributed by atoms with E-state index in [2.05, 4.69) is 10.6 Å². The minimum Gasteiger partial charge on any atom is -0.463 e. The van der Waals surface area contributed by atoms with Crippen LogP contribution in [0.25, 0.3) is 0 Å². The number of anilines is 2. The molecule has 0 aliphatic carbocycles. The number of esters is 7. The lowest BCUT2D eigenvalue weighted by Gasteiger charge is -2.48. The van der Waals surface area contributed by atoms with Crippen LogP contribution in [0.15, 0.2) is 36.4 Å². The van der Waals surface area contributed by atoms with Crippen LogP contribution in [0.3, 0.4) is 0 Å². The standard InChI is InChI=1S/C44H52N2O22/c1-19(47)45-28-15-30(34-31(16-28)67-44(9,10)68-34)41(55)46-27-11-13-29(14-12-27)63-42-39(61-25(7)53)38(60-24(6)52)36(33(64-42)18-57-21(3)49)66-43-40(62-26(8)54)37(59-23(5)51)35(58-22(4)50)32(65-43)17-56-20(2)48/h11-16,32-33,35-40,42-43H,17-18H2,1-10H3,(H,45,47)(H,46,55)/t32-,33-,35+,36-,37+,38+,39-,40-,42-,43+/m1/s1. The van der Waals surface area contributed by atoms with Crippen molar-refractivity contribution < 1.29 is 105 Å². The van der Waals surface area contributed by atoms with Crippen LogP contribution in [0.5, 0.6) is 17.2 Å². The first-order valence-electron chi connectivity index (χ1n) is 20.9. The molecule has 24 heteroatoms. The predicted octanol–water partition coefficient (Wildman–Crippen LogP) is 2.40. The molecule has 2 aromatic rings. The van der Waals surface area contributed by atoms with E-state index in [0.717, 1.165) is 48.5 Å². The summed E-state index contributed by atoms with van der Waals surface area (Å²) in [4.78, 5) is 112. The summed E-state index contributed by atoms with van der Waals surface area (Å²) < 4.78 is 74.9. The number of carbonyl (C=O) groups excluding carboxylic acids is 9. The van der Waals surface area contributed by atoms with Gasteiger partial charge in [-0.15, -0.1) is 0 Å². The molecule has 0 spiro atoms. The molecule has 0 radical (unpaired) electrons. The normalized spacial score (nSPS) is 25.6. The molecular formula is C44H52N2O22. The molecule has 68 heavy (non-hydrogen) atoms. The van der Waals surface area contributed by atoms with E-state index in [1.807, 2.05) is 0 Å². The van der Waals surface area contributed by atoms with Crippen molar-refractivity contribution in [1.29, 1.82) is 0 Å². The minimum atomic E-state index is -1.88. The number of hydrogen-bond donors (Lipinski definition) is 2. The maximum atomic E-state index is 13.6. The van der Waals surface area contributed by atoms with Gasteiger partial charge in [-0.2, -0.15) is 0 Å². The quantitative estimate of drug-likeness (QED) is 0.180. The van der Waals surface area contributed by atoms with E-state index in [1.165, 1.54) is 43.3 Å². The maximum Gasteiger partial charge on any atom is 0.303 e. The summed E-state index contributed by atoms with van der Waals surface area (Å²) in [6, 6.07) is 8.67. The maximum absolute atomic E-state index is 13.6. The van der Waals surface area contributed by atoms with Crippen LogP contribution < -0.4 is 24.8 Å². The second-order valence-corrected chi connectivity index (χ2v) is 15.9. The van der Waals surface area contributed by atoms with Crippen molar-refractivity contribution in [3.63, 3.8) is 0 Å². The molecule has 0 unspecified atom stereocenters. The van der Waals surface area contributed by atoms with Crippen molar-refractivity contribution in [2.24, 2.45) is 0 Å². The highest BCUT2D eigenvalue weighted by Crippen LogP contribution is 2.44. The Labute approximate surface area is 388 Å². The molecule has 5 rings (SSSR count). The van der Waals surface area contributed by atoms with Crippen LogP contribution in [0.2, 0.25) is 0 Å². The first-order valence-corrected chi connectivity index (χ1v) is 20.9. The minimum absolute atomic E-state index is 0.0453. The second kappa shape index (κ2) is 22.2. The molecule has 0 saturated carbocycles. The first-order chi connectivity index (χ1) is 31.9. The summed E-state index contributed by atoms with van der Waals surface area (Å²) in [5.41, 5.74) is 0.586. The van der Waals surface area contributed by atoms with Gasteiger partial charge in [0.1, 0.15) is 37.3 Å². The average Bonchev–Trinajstić information content (AvgIpc) is 3.53. The van der Waals surface area contributed by atoms with Gasteiger partial charge in [-0.3, -0.25) is 43.2 Å². The van der Waals surface area contributed by atoms with Crippen molar-refractivity contribution >= 4 is 65.0 Å². The van der Waals surface area contributed by atoms with Gasteiger partial charge in [-0.1, -0.05) is 0 Å². The van der Waals surface area contributed by atoms with Crippen molar-refractivity contribution in [2.45, 2.75) is 136 Å². The van der Waals surface area contributed by atoms with Crippen molar-refractivity contribution in [3.8, 4) is 17.2 Å². The van der Waals surface area contributed by atoms with Gasteiger partial charge in [0, 0.05) is 86.7 Å². The lowest BCUT2D eigenvalue weighted by Crippen LogP contribution is -2.67. The monoisotopic (exact) mass is 960 g/mol. The van der Waals surface area contributed by atoms with E-state index in [0.29, 0.717) is 0 Å². The Kier molecular flexibility index (Phi) is 16.9. The summed E-state index contributed by atoms with van der Waals surface area (Å²) in [5.74, 6) is -7.91. The van der Waals surface area contributed by atoms with Gasteiger partial charge >= 0.3 is 41.8 Å². The fraction of sp³-hybridized carbons (Fsp3) is 0.523. The fourth-order valence-electron chi connectivity index (χ4n) is 7.28. The molecule has 2 amide bonds. The zero-order valence-corrected chi connectivity index (χ0v) is 38.6. The van der Waals surface area contributed by atoms with E-state index >= 15 is 0 Å². The van der Waals surface area contributed by atoms with Crippen molar-refractivity contribution in [1.82, 2.24) is 0 Å². The Morgan fingerprint density at radius 1 is 0.529 bits per heavy atom. The summed E-state index contributed by atoms with van der Waals surface area (Å²) in [6.45, 7) is 10.6. The number of ether oxygens (including phenoxy) is 13. The summed E-state index contributed by atoms with van der Waals surface area (Å²) >= 11 is 0. The van der Waals surface area contributed by atoms with Gasteiger partial charge in [0.05, 0.1) is 5.56 Å². The zero-order chi connectivity index (χ0) is 50.2. The highest BCUT2D eigenvalue weighted by Gasteiger charge is 2.58. The number of carbonyl (C=O) groups is 9. The Morgan fingerprint density at radius 3 is 1.51 bits per heavy atom. The second-order valence-electron chi connectivity index (χ2n) is 15.9. The number of rotatable bonds is 16. The molecule has 2 saturated heterocycles. The first kappa shape index (κ1) is 51.9. The van der Waals surface area contributed by atoms with E-state index < -0.39 is 128 Å². The number of benzene rings is 2. The van der Waals surface area contributed by atoms with Crippen LogP contribution in [0, 0.1) is 0 Å². The number of nitrogens with one attached hydrogen (secondary N) is 2. The van der Waals surface area contributed by atoms with Gasteiger partial charge in [0.2, 0.25) is 24.1 Å². The third-order valence-electron chi connectivity index (χ3n) is 9.57. The summed E-state index contributed by atoms with van der Waals surface area (Å²) in [5, 5.41) is 5.36. The van der Waals surface area contributed by atoms with Gasteiger partial charge in [0.25, 0.3) is 5.91 Å². The van der Waals surface area contributed by atoms with Crippen LogP contribution in [-0.4, -0.2) is 134 Å². The molecule has 2 aromatic carbocycles.